The Bertz CT molecular complexity index is 224. The normalized spacial score (nSPS) is 18.0. The van der Waals surface area contributed by atoms with Gasteiger partial charge in [-0.3, -0.25) is 9.59 Å². The van der Waals surface area contributed by atoms with E-state index in [9.17, 15) is 9.59 Å². The zero-order chi connectivity index (χ0) is 9.90. The van der Waals surface area contributed by atoms with Gasteiger partial charge in [0.25, 0.3) is 0 Å². The number of carbonyl (C=O) groups is 2. The first-order chi connectivity index (χ1) is 6.08. The van der Waals surface area contributed by atoms with E-state index in [-0.39, 0.29) is 22.9 Å². The molecule has 1 fully saturated rings. The highest BCUT2D eigenvalue weighted by atomic mass is 32.2. The van der Waals surface area contributed by atoms with E-state index in [1.54, 1.807) is 11.8 Å². The summed E-state index contributed by atoms with van der Waals surface area (Å²) in [4.78, 5) is 21.7. The van der Waals surface area contributed by atoms with Crippen LogP contribution in [0.3, 0.4) is 0 Å². The van der Waals surface area contributed by atoms with Crippen LogP contribution in [0, 0.1) is 0 Å². The molecule has 1 rings (SSSR count). The maximum atomic E-state index is 11.1. The second-order valence-corrected chi connectivity index (χ2v) is 4.82. The van der Waals surface area contributed by atoms with Gasteiger partial charge in [0.15, 0.2) is 0 Å². The molecule has 1 saturated carbocycles. The van der Waals surface area contributed by atoms with Crippen molar-refractivity contribution >= 4 is 23.5 Å². The molecule has 1 amide bonds. The lowest BCUT2D eigenvalue weighted by molar-refractivity contribution is -0.127. The highest BCUT2D eigenvalue weighted by Gasteiger charge is 2.41. The SMILES string of the molecule is CSC1(CNC(=O)CC(C)=O)CC1. The standard InChI is InChI=1S/C9H15NO2S/c1-7(11)5-8(12)10-6-9(13-2)3-4-9/h3-6H2,1-2H3,(H,10,12). The van der Waals surface area contributed by atoms with Crippen molar-refractivity contribution < 1.29 is 9.59 Å². The summed E-state index contributed by atoms with van der Waals surface area (Å²) in [6, 6.07) is 0. The molecule has 0 spiro atoms. The van der Waals surface area contributed by atoms with E-state index >= 15 is 0 Å². The van der Waals surface area contributed by atoms with Gasteiger partial charge in [0.2, 0.25) is 5.91 Å². The minimum absolute atomic E-state index is 0.0183. The second kappa shape index (κ2) is 4.13. The average Bonchev–Trinajstić information content (AvgIpc) is 2.80. The van der Waals surface area contributed by atoms with Gasteiger partial charge in [-0.05, 0) is 26.0 Å². The molecule has 0 heterocycles. The molecule has 13 heavy (non-hydrogen) atoms. The van der Waals surface area contributed by atoms with E-state index in [0.717, 1.165) is 0 Å². The summed E-state index contributed by atoms with van der Waals surface area (Å²) in [6.07, 6.45) is 4.43. The van der Waals surface area contributed by atoms with Crippen LogP contribution < -0.4 is 5.32 Å². The number of amides is 1. The number of Topliss-reactive ketones (excluding diaryl/α,β-unsaturated/α-hetero) is 1. The molecular formula is C9H15NO2S. The maximum absolute atomic E-state index is 11.1. The van der Waals surface area contributed by atoms with Crippen LogP contribution in [0.4, 0.5) is 0 Å². The first-order valence-electron chi connectivity index (χ1n) is 4.39. The lowest BCUT2D eigenvalue weighted by Gasteiger charge is -2.12. The molecule has 3 nitrogen and oxygen atoms in total. The highest BCUT2D eigenvalue weighted by molar-refractivity contribution is 8.00. The molecule has 1 aliphatic carbocycles. The average molecular weight is 201 g/mol. The number of hydrogen-bond acceptors (Lipinski definition) is 3. The summed E-state index contributed by atoms with van der Waals surface area (Å²) in [5.41, 5.74) is 0. The van der Waals surface area contributed by atoms with Crippen LogP contribution in [-0.2, 0) is 9.59 Å². The van der Waals surface area contributed by atoms with Crippen LogP contribution in [0.15, 0.2) is 0 Å². The van der Waals surface area contributed by atoms with Gasteiger partial charge >= 0.3 is 0 Å². The molecule has 0 atom stereocenters. The molecule has 0 unspecified atom stereocenters. The number of hydrogen-bond donors (Lipinski definition) is 1. The summed E-state index contributed by atoms with van der Waals surface area (Å²) in [6.45, 7) is 2.14. The van der Waals surface area contributed by atoms with Gasteiger partial charge in [-0.1, -0.05) is 0 Å². The van der Waals surface area contributed by atoms with Crippen molar-refractivity contribution in [2.45, 2.75) is 30.9 Å². The second-order valence-electron chi connectivity index (χ2n) is 3.54. The Hall–Kier alpha value is -0.510. The van der Waals surface area contributed by atoms with Crippen molar-refractivity contribution in [3.8, 4) is 0 Å². The van der Waals surface area contributed by atoms with E-state index in [1.807, 2.05) is 0 Å². The maximum Gasteiger partial charge on any atom is 0.227 e. The molecule has 0 aromatic carbocycles. The third kappa shape index (κ3) is 3.38. The molecule has 4 heteroatoms. The fourth-order valence-corrected chi connectivity index (χ4v) is 1.87. The quantitative estimate of drug-likeness (QED) is 0.674. The molecular weight excluding hydrogens is 186 g/mol. The third-order valence-electron chi connectivity index (χ3n) is 2.26. The topological polar surface area (TPSA) is 46.2 Å². The van der Waals surface area contributed by atoms with E-state index in [4.69, 9.17) is 0 Å². The van der Waals surface area contributed by atoms with Crippen LogP contribution in [0.1, 0.15) is 26.2 Å². The van der Waals surface area contributed by atoms with Gasteiger partial charge in [-0.15, -0.1) is 0 Å². The lowest BCUT2D eigenvalue weighted by atomic mass is 10.3. The largest absolute Gasteiger partial charge is 0.354 e. The number of thioether (sulfide) groups is 1. The van der Waals surface area contributed by atoms with Crippen LogP contribution in [0.2, 0.25) is 0 Å². The van der Waals surface area contributed by atoms with Crippen LogP contribution in [-0.4, -0.2) is 29.2 Å². The Morgan fingerprint density at radius 3 is 2.46 bits per heavy atom. The number of ketones is 1. The number of rotatable bonds is 5. The zero-order valence-corrected chi connectivity index (χ0v) is 8.87. The van der Waals surface area contributed by atoms with Crippen LogP contribution in [0.5, 0.6) is 0 Å². The Morgan fingerprint density at radius 2 is 2.08 bits per heavy atom. The molecule has 0 aromatic heterocycles. The van der Waals surface area contributed by atoms with Crippen LogP contribution in [0.25, 0.3) is 0 Å². The monoisotopic (exact) mass is 201 g/mol. The fourth-order valence-electron chi connectivity index (χ4n) is 1.14. The summed E-state index contributed by atoms with van der Waals surface area (Å²) < 4.78 is 0.284. The molecule has 74 valence electrons. The van der Waals surface area contributed by atoms with Gasteiger partial charge in [-0.25, -0.2) is 0 Å². The van der Waals surface area contributed by atoms with E-state index < -0.39 is 0 Å². The molecule has 1 aliphatic rings. The Labute approximate surface area is 82.6 Å². The minimum atomic E-state index is -0.146. The van der Waals surface area contributed by atoms with Crippen molar-refractivity contribution in [3.63, 3.8) is 0 Å². The van der Waals surface area contributed by atoms with Gasteiger partial charge in [0.1, 0.15) is 5.78 Å². The molecule has 1 N–H and O–H groups in total. The minimum Gasteiger partial charge on any atom is -0.354 e. The van der Waals surface area contributed by atoms with Crippen molar-refractivity contribution in [1.29, 1.82) is 0 Å². The summed E-state index contributed by atoms with van der Waals surface area (Å²) in [5.74, 6) is -0.223. The summed E-state index contributed by atoms with van der Waals surface area (Å²) in [7, 11) is 0. The summed E-state index contributed by atoms with van der Waals surface area (Å²) in [5, 5.41) is 2.79. The van der Waals surface area contributed by atoms with Gasteiger partial charge in [0.05, 0.1) is 6.42 Å². The van der Waals surface area contributed by atoms with Gasteiger partial charge in [-0.2, -0.15) is 11.8 Å². The first kappa shape index (κ1) is 10.6. The molecule has 0 saturated heterocycles. The van der Waals surface area contributed by atoms with Gasteiger partial charge in [0, 0.05) is 11.3 Å². The molecule has 0 radical (unpaired) electrons. The predicted molar refractivity (Wildman–Crippen MR) is 53.8 cm³/mol. The lowest BCUT2D eigenvalue weighted by Crippen LogP contribution is -2.32. The zero-order valence-electron chi connectivity index (χ0n) is 8.05. The van der Waals surface area contributed by atoms with Crippen molar-refractivity contribution in [2.75, 3.05) is 12.8 Å². The summed E-state index contributed by atoms with van der Waals surface area (Å²) >= 11 is 1.80. The Morgan fingerprint density at radius 1 is 1.46 bits per heavy atom. The first-order valence-corrected chi connectivity index (χ1v) is 5.62. The molecule has 0 bridgehead atoms. The van der Waals surface area contributed by atoms with Crippen LogP contribution >= 0.6 is 11.8 Å². The Balaban J connectivity index is 2.19. The van der Waals surface area contributed by atoms with Gasteiger partial charge < -0.3 is 5.32 Å². The highest BCUT2D eigenvalue weighted by Crippen LogP contribution is 2.46. The molecule has 0 aliphatic heterocycles. The third-order valence-corrected chi connectivity index (χ3v) is 3.68. The van der Waals surface area contributed by atoms with Crippen molar-refractivity contribution in [2.24, 2.45) is 0 Å². The smallest absolute Gasteiger partial charge is 0.227 e. The molecule has 0 aromatic rings. The Kier molecular flexibility index (Phi) is 3.36. The van der Waals surface area contributed by atoms with E-state index in [2.05, 4.69) is 11.6 Å². The van der Waals surface area contributed by atoms with E-state index in [1.165, 1.54) is 19.8 Å². The number of carbonyl (C=O) groups excluding carboxylic acids is 2. The fraction of sp³-hybridized carbons (Fsp3) is 0.778. The van der Waals surface area contributed by atoms with E-state index in [0.29, 0.717) is 6.54 Å². The van der Waals surface area contributed by atoms with Crippen molar-refractivity contribution in [1.82, 2.24) is 5.32 Å². The van der Waals surface area contributed by atoms with Crippen molar-refractivity contribution in [3.05, 3.63) is 0 Å². The predicted octanol–water partition coefficient (Wildman–Crippen LogP) is 0.977. The number of nitrogens with one attached hydrogen (secondary N) is 1.